The van der Waals surface area contributed by atoms with Crippen LogP contribution in [0.25, 0.3) is 0 Å². The average Bonchev–Trinajstić information content (AvgIpc) is 2.63. The largest absolute Gasteiger partial charge is 0.326 e. The Labute approximate surface area is 163 Å². The molecule has 0 fully saturated rings. The van der Waals surface area contributed by atoms with Crippen LogP contribution in [0.5, 0.6) is 0 Å². The van der Waals surface area contributed by atoms with Crippen molar-refractivity contribution in [3.63, 3.8) is 0 Å². The van der Waals surface area contributed by atoms with Gasteiger partial charge in [-0.25, -0.2) is 4.98 Å². The fraction of sp³-hybridized carbons (Fsp3) is 0.350. The predicted molar refractivity (Wildman–Crippen MR) is 106 cm³/mol. The molecule has 3 rings (SSSR count). The lowest BCUT2D eigenvalue weighted by molar-refractivity contribution is -0.115. The molecule has 1 aliphatic rings. The molecule has 1 unspecified atom stereocenters. The van der Waals surface area contributed by atoms with Crippen LogP contribution in [0.2, 0.25) is 5.02 Å². The highest BCUT2D eigenvalue weighted by Gasteiger charge is 2.19. The third-order valence-electron chi connectivity index (χ3n) is 4.41. The number of aryl methyl sites for hydroxylation is 1. The Bertz CT molecular complexity index is 845. The maximum absolute atomic E-state index is 12.1. The Kier molecular flexibility index (Phi) is 6.18. The Balaban J connectivity index is 1.58. The van der Waals surface area contributed by atoms with E-state index in [0.717, 1.165) is 35.7 Å². The summed E-state index contributed by atoms with van der Waals surface area (Å²) in [6.45, 7) is 2.23. The number of nitrogens with one attached hydrogen (secondary N) is 1. The normalized spacial score (nSPS) is 15.8. The summed E-state index contributed by atoms with van der Waals surface area (Å²) in [5.41, 5.74) is 3.64. The molecule has 1 N–H and O–H groups in total. The first-order valence-electron chi connectivity index (χ1n) is 8.66. The SMILES string of the molecule is CC1CCc2nc(SCCC(=O)Nc3ccc(Cl)cc3)c(C#N)cc2C1. The number of fused-ring (bicyclic) bond motifs is 1. The Morgan fingerprint density at radius 2 is 2.19 bits per heavy atom. The summed E-state index contributed by atoms with van der Waals surface area (Å²) in [7, 11) is 0. The molecule has 6 heteroatoms. The number of benzene rings is 1. The number of aromatic nitrogens is 1. The number of nitrogens with zero attached hydrogens (tertiary/aromatic N) is 2. The molecule has 0 saturated carbocycles. The minimum absolute atomic E-state index is 0.0647. The number of carbonyl (C=O) groups excluding carboxylic acids is 1. The van der Waals surface area contributed by atoms with Crippen LogP contribution in [0.1, 0.15) is 36.6 Å². The van der Waals surface area contributed by atoms with Crippen LogP contribution in [0.15, 0.2) is 35.4 Å². The molecule has 0 spiro atoms. The van der Waals surface area contributed by atoms with Gasteiger partial charge in [0.15, 0.2) is 0 Å². The van der Waals surface area contributed by atoms with Gasteiger partial charge < -0.3 is 5.32 Å². The van der Waals surface area contributed by atoms with Crippen LogP contribution in [0, 0.1) is 17.2 Å². The van der Waals surface area contributed by atoms with Gasteiger partial charge in [0.05, 0.1) is 5.56 Å². The van der Waals surface area contributed by atoms with E-state index in [9.17, 15) is 10.1 Å². The summed E-state index contributed by atoms with van der Waals surface area (Å²) in [6.07, 6.45) is 3.45. The molecule has 2 aromatic rings. The molecule has 0 saturated heterocycles. The van der Waals surface area contributed by atoms with Crippen LogP contribution in [-0.2, 0) is 17.6 Å². The molecule has 1 aromatic carbocycles. The second-order valence-electron chi connectivity index (χ2n) is 6.56. The van der Waals surface area contributed by atoms with E-state index in [0.29, 0.717) is 28.7 Å². The van der Waals surface area contributed by atoms with Crippen molar-refractivity contribution in [3.8, 4) is 6.07 Å². The van der Waals surface area contributed by atoms with Gasteiger partial charge in [-0.2, -0.15) is 5.26 Å². The first kappa shape index (κ1) is 18.8. The molecule has 1 atom stereocenters. The Morgan fingerprint density at radius 1 is 1.42 bits per heavy atom. The van der Waals surface area contributed by atoms with Crippen molar-refractivity contribution in [2.75, 3.05) is 11.1 Å². The summed E-state index contributed by atoms with van der Waals surface area (Å²) in [4.78, 5) is 16.8. The Morgan fingerprint density at radius 3 is 2.92 bits per heavy atom. The van der Waals surface area contributed by atoms with Crippen molar-refractivity contribution in [2.24, 2.45) is 5.92 Å². The predicted octanol–water partition coefficient (Wildman–Crippen LogP) is 4.85. The summed E-state index contributed by atoms with van der Waals surface area (Å²) in [5.74, 6) is 1.16. The van der Waals surface area contributed by atoms with E-state index in [-0.39, 0.29) is 5.91 Å². The van der Waals surface area contributed by atoms with Crippen molar-refractivity contribution in [1.29, 1.82) is 5.26 Å². The van der Waals surface area contributed by atoms with E-state index in [1.54, 1.807) is 24.3 Å². The number of thioether (sulfide) groups is 1. The molecular formula is C20H20ClN3OS. The number of hydrogen-bond donors (Lipinski definition) is 1. The van der Waals surface area contributed by atoms with Gasteiger partial charge in [0.1, 0.15) is 11.1 Å². The molecule has 1 aliphatic carbocycles. The summed E-state index contributed by atoms with van der Waals surface area (Å²) >= 11 is 7.31. The zero-order valence-corrected chi connectivity index (χ0v) is 16.2. The maximum atomic E-state index is 12.1. The van der Waals surface area contributed by atoms with Crippen molar-refractivity contribution >= 4 is 35.0 Å². The van der Waals surface area contributed by atoms with Crippen LogP contribution in [0.3, 0.4) is 0 Å². The topological polar surface area (TPSA) is 65.8 Å². The number of carbonyl (C=O) groups is 1. The summed E-state index contributed by atoms with van der Waals surface area (Å²) in [6, 6.07) is 11.2. The number of pyridine rings is 1. The molecular weight excluding hydrogens is 366 g/mol. The zero-order chi connectivity index (χ0) is 18.5. The van der Waals surface area contributed by atoms with Crippen molar-refractivity contribution in [3.05, 3.63) is 52.2 Å². The van der Waals surface area contributed by atoms with Gasteiger partial charge in [0, 0.05) is 28.6 Å². The second-order valence-corrected chi connectivity index (χ2v) is 8.08. The van der Waals surface area contributed by atoms with Crippen molar-refractivity contribution < 1.29 is 4.79 Å². The average molecular weight is 386 g/mol. The first-order valence-corrected chi connectivity index (χ1v) is 10.0. The standard InChI is InChI=1S/C20H20ClN3OS/c1-13-2-7-18-14(10-13)11-15(12-22)20(24-18)26-9-8-19(25)23-17-5-3-16(21)4-6-17/h3-6,11,13H,2,7-10H2,1H3,(H,23,25). The van der Waals surface area contributed by atoms with Gasteiger partial charge >= 0.3 is 0 Å². The van der Waals surface area contributed by atoms with Gasteiger partial charge in [-0.1, -0.05) is 18.5 Å². The minimum atomic E-state index is -0.0647. The van der Waals surface area contributed by atoms with Crippen molar-refractivity contribution in [2.45, 2.75) is 37.6 Å². The van der Waals surface area contributed by atoms with E-state index in [2.05, 4.69) is 18.3 Å². The van der Waals surface area contributed by atoms with E-state index < -0.39 is 0 Å². The molecule has 0 bridgehead atoms. The molecule has 26 heavy (non-hydrogen) atoms. The highest BCUT2D eigenvalue weighted by molar-refractivity contribution is 7.99. The van der Waals surface area contributed by atoms with E-state index >= 15 is 0 Å². The van der Waals surface area contributed by atoms with Crippen LogP contribution in [-0.4, -0.2) is 16.6 Å². The molecule has 1 heterocycles. The molecule has 134 valence electrons. The van der Waals surface area contributed by atoms with E-state index in [1.807, 2.05) is 6.07 Å². The second kappa shape index (κ2) is 8.57. The number of halogens is 1. The smallest absolute Gasteiger partial charge is 0.225 e. The first-order chi connectivity index (χ1) is 12.5. The van der Waals surface area contributed by atoms with Gasteiger partial charge in [0.25, 0.3) is 0 Å². The number of anilines is 1. The maximum Gasteiger partial charge on any atom is 0.225 e. The van der Waals surface area contributed by atoms with Gasteiger partial charge in [-0.05, 0) is 61.1 Å². The molecule has 1 amide bonds. The highest BCUT2D eigenvalue weighted by atomic mass is 35.5. The van der Waals surface area contributed by atoms with E-state index in [4.69, 9.17) is 16.6 Å². The Hall–Kier alpha value is -2.03. The lowest BCUT2D eigenvalue weighted by Gasteiger charge is -2.21. The van der Waals surface area contributed by atoms with Gasteiger partial charge in [-0.3, -0.25) is 4.79 Å². The van der Waals surface area contributed by atoms with E-state index in [1.165, 1.54) is 17.3 Å². The number of hydrogen-bond acceptors (Lipinski definition) is 4. The van der Waals surface area contributed by atoms with Crippen LogP contribution in [0.4, 0.5) is 5.69 Å². The molecule has 0 radical (unpaired) electrons. The number of amides is 1. The van der Waals surface area contributed by atoms with Crippen LogP contribution < -0.4 is 5.32 Å². The number of rotatable bonds is 5. The fourth-order valence-electron chi connectivity index (χ4n) is 3.01. The fourth-order valence-corrected chi connectivity index (χ4v) is 4.06. The number of nitriles is 1. The molecule has 0 aliphatic heterocycles. The van der Waals surface area contributed by atoms with Gasteiger partial charge in [-0.15, -0.1) is 11.8 Å². The minimum Gasteiger partial charge on any atom is -0.326 e. The zero-order valence-electron chi connectivity index (χ0n) is 14.6. The molecule has 1 aromatic heterocycles. The lowest BCUT2D eigenvalue weighted by atomic mass is 9.87. The summed E-state index contributed by atoms with van der Waals surface area (Å²) < 4.78 is 0. The highest BCUT2D eigenvalue weighted by Crippen LogP contribution is 2.29. The summed E-state index contributed by atoms with van der Waals surface area (Å²) in [5, 5.41) is 13.6. The third kappa shape index (κ3) is 4.78. The lowest BCUT2D eigenvalue weighted by Crippen LogP contribution is -2.14. The van der Waals surface area contributed by atoms with Gasteiger partial charge in [0.2, 0.25) is 5.91 Å². The molecule has 4 nitrogen and oxygen atoms in total. The third-order valence-corrected chi connectivity index (χ3v) is 5.66. The van der Waals surface area contributed by atoms with Crippen LogP contribution >= 0.6 is 23.4 Å². The monoisotopic (exact) mass is 385 g/mol. The van der Waals surface area contributed by atoms with Crippen molar-refractivity contribution in [1.82, 2.24) is 4.98 Å². The quantitative estimate of drug-likeness (QED) is 0.747.